The lowest BCUT2D eigenvalue weighted by Gasteiger charge is -2.39. The number of nitrogens with one attached hydrogen (secondary N) is 1. The van der Waals surface area contributed by atoms with E-state index in [0.29, 0.717) is 11.4 Å². The van der Waals surface area contributed by atoms with Crippen molar-refractivity contribution in [3.05, 3.63) is 54.1 Å². The molecule has 1 aromatic carbocycles. The van der Waals surface area contributed by atoms with E-state index in [-0.39, 0.29) is 36.5 Å². The van der Waals surface area contributed by atoms with Crippen molar-refractivity contribution in [2.24, 2.45) is 0 Å². The summed E-state index contributed by atoms with van der Waals surface area (Å²) in [4.78, 5) is 35.4. The number of ether oxygens (including phenoxy) is 1. The van der Waals surface area contributed by atoms with Crippen LogP contribution in [0.15, 0.2) is 42.7 Å². The first-order chi connectivity index (χ1) is 13.6. The lowest BCUT2D eigenvalue weighted by Crippen LogP contribution is -2.53. The maximum absolute atomic E-state index is 12.7. The van der Waals surface area contributed by atoms with E-state index < -0.39 is 0 Å². The fourth-order valence-electron chi connectivity index (χ4n) is 4.21. The number of aromatic nitrogens is 2. The highest BCUT2D eigenvalue weighted by Gasteiger charge is 2.43. The maximum atomic E-state index is 12.7. The van der Waals surface area contributed by atoms with Crippen LogP contribution in [0.25, 0.3) is 0 Å². The van der Waals surface area contributed by atoms with E-state index in [4.69, 9.17) is 4.74 Å². The van der Waals surface area contributed by atoms with Crippen molar-refractivity contribution >= 4 is 11.8 Å². The van der Waals surface area contributed by atoms with E-state index in [2.05, 4.69) is 15.3 Å². The molecule has 28 heavy (non-hydrogen) atoms. The zero-order valence-electron chi connectivity index (χ0n) is 15.9. The summed E-state index contributed by atoms with van der Waals surface area (Å²) in [6.07, 6.45) is 6.56. The standard InChI is InChI=1S/C21H24N4O3/c1-14-11-23-19(12-22-14)21(27)24-15-9-16-7-8-17(10-15)25(16)20(26)13-28-18-5-3-2-4-6-18/h2-6,11-12,15-17H,7-10,13H2,1H3,(H,24,27). The molecule has 2 aliphatic heterocycles. The Morgan fingerprint density at radius 1 is 1.11 bits per heavy atom. The number of para-hydroxylation sites is 1. The van der Waals surface area contributed by atoms with E-state index in [1.54, 1.807) is 6.20 Å². The van der Waals surface area contributed by atoms with E-state index >= 15 is 0 Å². The van der Waals surface area contributed by atoms with Gasteiger partial charge in [0.15, 0.2) is 6.61 Å². The highest BCUT2D eigenvalue weighted by atomic mass is 16.5. The van der Waals surface area contributed by atoms with Crippen molar-refractivity contribution in [2.75, 3.05) is 6.61 Å². The van der Waals surface area contributed by atoms with Gasteiger partial charge in [-0.3, -0.25) is 14.6 Å². The molecule has 2 fully saturated rings. The zero-order valence-corrected chi connectivity index (χ0v) is 15.9. The number of carbonyl (C=O) groups is 2. The van der Waals surface area contributed by atoms with Gasteiger partial charge >= 0.3 is 0 Å². The second-order valence-corrected chi connectivity index (χ2v) is 7.47. The van der Waals surface area contributed by atoms with E-state index in [1.807, 2.05) is 42.2 Å². The van der Waals surface area contributed by atoms with Crippen LogP contribution >= 0.6 is 0 Å². The number of piperidine rings is 1. The summed E-state index contributed by atoms with van der Waals surface area (Å²) in [5.41, 5.74) is 1.10. The van der Waals surface area contributed by atoms with Crippen LogP contribution in [0.4, 0.5) is 0 Å². The van der Waals surface area contributed by atoms with Gasteiger partial charge in [-0.1, -0.05) is 18.2 Å². The number of fused-ring (bicyclic) bond motifs is 2. The third-order valence-corrected chi connectivity index (χ3v) is 5.48. The summed E-state index contributed by atoms with van der Waals surface area (Å²) in [5.74, 6) is 0.513. The SMILES string of the molecule is Cc1cnc(C(=O)NC2CC3CCC(C2)N3C(=O)COc2ccccc2)cn1. The first kappa shape index (κ1) is 18.4. The predicted octanol–water partition coefficient (Wildman–Crippen LogP) is 2.12. The van der Waals surface area contributed by atoms with Gasteiger partial charge in [0.05, 0.1) is 11.9 Å². The molecule has 2 amide bonds. The number of amides is 2. The number of carbonyl (C=O) groups excluding carboxylic acids is 2. The minimum Gasteiger partial charge on any atom is -0.484 e. The summed E-state index contributed by atoms with van der Waals surface area (Å²) < 4.78 is 5.63. The van der Waals surface area contributed by atoms with Crippen molar-refractivity contribution in [3.63, 3.8) is 0 Å². The second-order valence-electron chi connectivity index (χ2n) is 7.47. The molecule has 3 heterocycles. The molecule has 146 valence electrons. The molecular formula is C21H24N4O3. The minimum atomic E-state index is -0.205. The number of hydrogen-bond acceptors (Lipinski definition) is 5. The Labute approximate surface area is 164 Å². The Morgan fingerprint density at radius 2 is 1.82 bits per heavy atom. The van der Waals surface area contributed by atoms with Gasteiger partial charge in [0.25, 0.3) is 11.8 Å². The topological polar surface area (TPSA) is 84.4 Å². The number of aryl methyl sites for hydroxylation is 1. The van der Waals surface area contributed by atoms with Crippen LogP contribution in [0.2, 0.25) is 0 Å². The summed E-state index contributed by atoms with van der Waals surface area (Å²) in [5, 5.41) is 3.06. The quantitative estimate of drug-likeness (QED) is 0.859. The molecule has 7 heteroatoms. The first-order valence-corrected chi connectivity index (χ1v) is 9.68. The summed E-state index contributed by atoms with van der Waals surface area (Å²) in [7, 11) is 0. The molecule has 1 N–H and O–H groups in total. The summed E-state index contributed by atoms with van der Waals surface area (Å²) in [6, 6.07) is 9.73. The molecule has 2 aromatic rings. The average Bonchev–Trinajstić information content (AvgIpc) is 2.98. The highest BCUT2D eigenvalue weighted by molar-refractivity contribution is 5.92. The Morgan fingerprint density at radius 3 is 2.46 bits per heavy atom. The monoisotopic (exact) mass is 380 g/mol. The molecule has 2 bridgehead atoms. The van der Waals surface area contributed by atoms with Crippen LogP contribution in [0.5, 0.6) is 5.75 Å². The van der Waals surface area contributed by atoms with Gasteiger partial charge in [0, 0.05) is 24.3 Å². The fourth-order valence-corrected chi connectivity index (χ4v) is 4.21. The number of hydrogen-bond donors (Lipinski definition) is 1. The number of benzene rings is 1. The van der Waals surface area contributed by atoms with Crippen molar-refractivity contribution < 1.29 is 14.3 Å². The Bertz CT molecular complexity index is 826. The predicted molar refractivity (Wildman–Crippen MR) is 103 cm³/mol. The van der Waals surface area contributed by atoms with Crippen molar-refractivity contribution in [1.29, 1.82) is 0 Å². The number of nitrogens with zero attached hydrogens (tertiary/aromatic N) is 3. The molecule has 4 rings (SSSR count). The molecule has 0 spiro atoms. The molecule has 0 aliphatic carbocycles. The van der Waals surface area contributed by atoms with Crippen LogP contribution in [0.3, 0.4) is 0 Å². The van der Waals surface area contributed by atoms with Crippen molar-refractivity contribution in [1.82, 2.24) is 20.2 Å². The van der Waals surface area contributed by atoms with Crippen molar-refractivity contribution in [3.8, 4) is 5.75 Å². The molecule has 7 nitrogen and oxygen atoms in total. The van der Waals surface area contributed by atoms with Crippen LogP contribution in [-0.4, -0.2) is 51.4 Å². The Hall–Kier alpha value is -2.96. The number of rotatable bonds is 5. The third-order valence-electron chi connectivity index (χ3n) is 5.48. The molecule has 0 radical (unpaired) electrons. The molecule has 2 saturated heterocycles. The van der Waals surface area contributed by atoms with Gasteiger partial charge in [-0.05, 0) is 44.7 Å². The van der Waals surface area contributed by atoms with Crippen LogP contribution in [0.1, 0.15) is 41.9 Å². The van der Waals surface area contributed by atoms with Gasteiger partial charge in [-0.2, -0.15) is 0 Å². The normalized spacial score (nSPS) is 23.3. The maximum Gasteiger partial charge on any atom is 0.271 e. The van der Waals surface area contributed by atoms with Gasteiger partial charge in [-0.25, -0.2) is 4.98 Å². The van der Waals surface area contributed by atoms with E-state index in [0.717, 1.165) is 31.4 Å². The zero-order chi connectivity index (χ0) is 19.5. The first-order valence-electron chi connectivity index (χ1n) is 9.68. The minimum absolute atomic E-state index is 0.0190. The smallest absolute Gasteiger partial charge is 0.271 e. The van der Waals surface area contributed by atoms with Crippen molar-refractivity contribution in [2.45, 2.75) is 50.7 Å². The third kappa shape index (κ3) is 3.98. The lowest BCUT2D eigenvalue weighted by atomic mass is 9.97. The molecule has 1 aromatic heterocycles. The van der Waals surface area contributed by atoms with Gasteiger partial charge in [-0.15, -0.1) is 0 Å². The summed E-state index contributed by atoms with van der Waals surface area (Å²) in [6.45, 7) is 1.88. The van der Waals surface area contributed by atoms with E-state index in [9.17, 15) is 9.59 Å². The summed E-state index contributed by atoms with van der Waals surface area (Å²) >= 11 is 0. The van der Waals surface area contributed by atoms with Gasteiger partial charge in [0.2, 0.25) is 0 Å². The van der Waals surface area contributed by atoms with Crippen LogP contribution in [-0.2, 0) is 4.79 Å². The van der Waals surface area contributed by atoms with Crippen LogP contribution in [0, 0.1) is 6.92 Å². The van der Waals surface area contributed by atoms with Gasteiger partial charge < -0.3 is 15.0 Å². The fraction of sp³-hybridized carbons (Fsp3) is 0.429. The molecule has 2 atom stereocenters. The molecular weight excluding hydrogens is 356 g/mol. The molecule has 2 aliphatic rings. The second kappa shape index (κ2) is 7.96. The Balaban J connectivity index is 1.33. The average molecular weight is 380 g/mol. The Kier molecular flexibility index (Phi) is 5.23. The molecule has 0 saturated carbocycles. The highest BCUT2D eigenvalue weighted by Crippen LogP contribution is 2.36. The lowest BCUT2D eigenvalue weighted by molar-refractivity contribution is -0.138. The van der Waals surface area contributed by atoms with Crippen LogP contribution < -0.4 is 10.1 Å². The largest absolute Gasteiger partial charge is 0.484 e. The van der Waals surface area contributed by atoms with E-state index in [1.165, 1.54) is 6.20 Å². The molecule has 2 unspecified atom stereocenters. The van der Waals surface area contributed by atoms with Gasteiger partial charge in [0.1, 0.15) is 11.4 Å².